The Kier molecular flexibility index (Phi) is 5.40. The van der Waals surface area contributed by atoms with Crippen LogP contribution in [0.15, 0.2) is 48.5 Å². The van der Waals surface area contributed by atoms with Gasteiger partial charge in [0.1, 0.15) is 0 Å². The summed E-state index contributed by atoms with van der Waals surface area (Å²) in [6, 6.07) is 12.8. The zero-order chi connectivity index (χ0) is 18.7. The van der Waals surface area contributed by atoms with Crippen LogP contribution in [0, 0.1) is 6.92 Å². The highest BCUT2D eigenvalue weighted by atomic mass is 35.5. The molecule has 3 aromatic rings. The first-order valence-corrected chi connectivity index (χ1v) is 9.04. The normalized spacial score (nSPS) is 11.0. The highest BCUT2D eigenvalue weighted by Crippen LogP contribution is 2.35. The maximum atomic E-state index is 12.3. The van der Waals surface area contributed by atoms with Gasteiger partial charge in [-0.15, -0.1) is 11.3 Å². The number of fused-ring (bicyclic) bond motifs is 1. The van der Waals surface area contributed by atoms with Crippen molar-refractivity contribution in [1.82, 2.24) is 0 Å². The van der Waals surface area contributed by atoms with Gasteiger partial charge < -0.3 is 10.1 Å². The lowest BCUT2D eigenvalue weighted by Gasteiger charge is -2.08. The topological polar surface area (TPSA) is 55.4 Å². The summed E-state index contributed by atoms with van der Waals surface area (Å²) in [5, 5.41) is 4.39. The van der Waals surface area contributed by atoms with Gasteiger partial charge in [0.15, 0.2) is 0 Å². The summed E-state index contributed by atoms with van der Waals surface area (Å²) in [7, 11) is 1.32. The minimum atomic E-state index is -0.451. The summed E-state index contributed by atoms with van der Waals surface area (Å²) in [5.41, 5.74) is 1.79. The third-order valence-electron chi connectivity index (χ3n) is 3.86. The van der Waals surface area contributed by atoms with Gasteiger partial charge in [-0.1, -0.05) is 35.9 Å². The van der Waals surface area contributed by atoms with Crippen LogP contribution in [0.1, 0.15) is 20.8 Å². The Hall–Kier alpha value is -2.63. The van der Waals surface area contributed by atoms with E-state index in [1.165, 1.54) is 24.5 Å². The van der Waals surface area contributed by atoms with Crippen LogP contribution in [0.2, 0.25) is 5.02 Å². The van der Waals surface area contributed by atoms with E-state index >= 15 is 0 Å². The summed E-state index contributed by atoms with van der Waals surface area (Å²) in [6.07, 6.45) is 3.13. The number of esters is 1. The number of thiophene rings is 1. The quantitative estimate of drug-likeness (QED) is 0.489. The lowest BCUT2D eigenvalue weighted by atomic mass is 10.1. The Morgan fingerprint density at radius 1 is 1.19 bits per heavy atom. The minimum absolute atomic E-state index is 0.302. The van der Waals surface area contributed by atoms with Gasteiger partial charge in [0.2, 0.25) is 5.91 Å². The second kappa shape index (κ2) is 7.72. The van der Waals surface area contributed by atoms with Crippen molar-refractivity contribution in [3.63, 3.8) is 0 Å². The van der Waals surface area contributed by atoms with Crippen LogP contribution in [-0.2, 0) is 9.53 Å². The van der Waals surface area contributed by atoms with E-state index in [-0.39, 0.29) is 5.91 Å². The highest BCUT2D eigenvalue weighted by Gasteiger charge is 2.10. The molecule has 1 aromatic heterocycles. The lowest BCUT2D eigenvalue weighted by molar-refractivity contribution is -0.111. The number of ether oxygens (including phenoxy) is 1. The molecule has 0 radical (unpaired) electrons. The monoisotopic (exact) mass is 385 g/mol. The standard InChI is InChI=1S/C20H16ClNO3S/c1-12-7-8-13(20(24)25-2)11-15(12)22-18(23)10-9-17-19(21)14-5-3-4-6-16(14)26-17/h3-11H,1-2H3,(H,22,23)/b10-9+. The van der Waals surface area contributed by atoms with Crippen molar-refractivity contribution in [3.8, 4) is 0 Å². The first-order valence-electron chi connectivity index (χ1n) is 7.84. The van der Waals surface area contributed by atoms with Gasteiger partial charge in [-0.3, -0.25) is 4.79 Å². The van der Waals surface area contributed by atoms with E-state index < -0.39 is 5.97 Å². The number of amides is 1. The molecule has 6 heteroatoms. The van der Waals surface area contributed by atoms with E-state index in [1.54, 1.807) is 24.3 Å². The van der Waals surface area contributed by atoms with Gasteiger partial charge in [0.05, 0.1) is 17.7 Å². The van der Waals surface area contributed by atoms with Crippen molar-refractivity contribution >= 4 is 56.7 Å². The van der Waals surface area contributed by atoms with Crippen molar-refractivity contribution in [2.24, 2.45) is 0 Å². The number of carbonyl (C=O) groups excluding carboxylic acids is 2. The average molecular weight is 386 g/mol. The number of halogens is 1. The van der Waals surface area contributed by atoms with Gasteiger partial charge >= 0.3 is 5.97 Å². The summed E-state index contributed by atoms with van der Waals surface area (Å²) in [4.78, 5) is 24.7. The fourth-order valence-electron chi connectivity index (χ4n) is 2.47. The molecular weight excluding hydrogens is 370 g/mol. The van der Waals surface area contributed by atoms with E-state index in [9.17, 15) is 9.59 Å². The molecule has 0 unspecified atom stereocenters. The number of aryl methyl sites for hydroxylation is 1. The minimum Gasteiger partial charge on any atom is -0.465 e. The first kappa shape index (κ1) is 18.2. The van der Waals surface area contributed by atoms with Gasteiger partial charge in [-0.05, 0) is 36.8 Å². The molecule has 26 heavy (non-hydrogen) atoms. The number of hydrogen-bond donors (Lipinski definition) is 1. The number of rotatable bonds is 4. The van der Waals surface area contributed by atoms with Crippen LogP contribution in [0.3, 0.4) is 0 Å². The molecule has 0 bridgehead atoms. The largest absolute Gasteiger partial charge is 0.465 e. The lowest BCUT2D eigenvalue weighted by Crippen LogP contribution is -2.10. The Morgan fingerprint density at radius 3 is 2.69 bits per heavy atom. The van der Waals surface area contributed by atoms with Crippen molar-refractivity contribution < 1.29 is 14.3 Å². The number of methoxy groups -OCH3 is 1. The highest BCUT2D eigenvalue weighted by molar-refractivity contribution is 7.20. The maximum absolute atomic E-state index is 12.3. The van der Waals surface area contributed by atoms with Crippen LogP contribution in [0.5, 0.6) is 0 Å². The third-order valence-corrected chi connectivity index (χ3v) is 5.52. The molecule has 1 N–H and O–H groups in total. The Bertz CT molecular complexity index is 1020. The molecule has 0 spiro atoms. The number of carbonyl (C=O) groups is 2. The SMILES string of the molecule is COC(=O)c1ccc(C)c(NC(=O)/C=C/c2sc3ccccc3c2Cl)c1. The van der Waals surface area contributed by atoms with Gasteiger partial charge in [0.25, 0.3) is 0 Å². The van der Waals surface area contributed by atoms with Crippen molar-refractivity contribution in [2.75, 3.05) is 12.4 Å². The fourth-order valence-corrected chi connectivity index (χ4v) is 3.87. The summed E-state index contributed by atoms with van der Waals surface area (Å²) in [6.45, 7) is 1.85. The van der Waals surface area contributed by atoms with Crippen LogP contribution >= 0.6 is 22.9 Å². The molecule has 0 fully saturated rings. The third kappa shape index (κ3) is 3.79. The van der Waals surface area contributed by atoms with Crippen LogP contribution < -0.4 is 5.32 Å². The molecule has 1 heterocycles. The zero-order valence-electron chi connectivity index (χ0n) is 14.2. The molecule has 0 aliphatic rings. The summed E-state index contributed by atoms with van der Waals surface area (Å²) in [5.74, 6) is -0.753. The van der Waals surface area contributed by atoms with Gasteiger partial charge in [-0.2, -0.15) is 0 Å². The Morgan fingerprint density at radius 2 is 1.96 bits per heavy atom. The van der Waals surface area contributed by atoms with Gasteiger partial charge in [0, 0.05) is 26.7 Å². The molecule has 0 aliphatic heterocycles. The molecule has 0 atom stereocenters. The zero-order valence-corrected chi connectivity index (χ0v) is 15.8. The molecule has 0 aliphatic carbocycles. The Balaban J connectivity index is 1.79. The molecule has 3 rings (SSSR count). The molecule has 0 saturated carbocycles. The van der Waals surface area contributed by atoms with E-state index in [4.69, 9.17) is 16.3 Å². The molecule has 132 valence electrons. The van der Waals surface area contributed by atoms with Crippen LogP contribution in [0.25, 0.3) is 16.2 Å². The average Bonchev–Trinajstić information content (AvgIpc) is 2.97. The summed E-state index contributed by atoms with van der Waals surface area (Å²) >= 11 is 7.90. The molecule has 2 aromatic carbocycles. The smallest absolute Gasteiger partial charge is 0.337 e. The van der Waals surface area contributed by atoms with Crippen LogP contribution in [0.4, 0.5) is 5.69 Å². The van der Waals surface area contributed by atoms with E-state index in [2.05, 4.69) is 5.32 Å². The maximum Gasteiger partial charge on any atom is 0.337 e. The fraction of sp³-hybridized carbons (Fsp3) is 0.100. The van der Waals surface area contributed by atoms with Crippen molar-refractivity contribution in [3.05, 3.63) is 69.6 Å². The van der Waals surface area contributed by atoms with Crippen molar-refractivity contribution in [1.29, 1.82) is 0 Å². The van der Waals surface area contributed by atoms with E-state index in [1.807, 2.05) is 31.2 Å². The Labute approximate surface area is 160 Å². The van der Waals surface area contributed by atoms with E-state index in [0.29, 0.717) is 16.3 Å². The van der Waals surface area contributed by atoms with E-state index in [0.717, 1.165) is 20.5 Å². The van der Waals surface area contributed by atoms with Crippen LogP contribution in [-0.4, -0.2) is 19.0 Å². The molecule has 0 saturated heterocycles. The van der Waals surface area contributed by atoms with Crippen molar-refractivity contribution in [2.45, 2.75) is 6.92 Å². The predicted molar refractivity (Wildman–Crippen MR) is 107 cm³/mol. The molecule has 4 nitrogen and oxygen atoms in total. The molecular formula is C20H16ClNO3S. The first-order chi connectivity index (χ1) is 12.5. The number of nitrogens with one attached hydrogen (secondary N) is 1. The number of benzene rings is 2. The van der Waals surface area contributed by atoms with Gasteiger partial charge in [-0.25, -0.2) is 4.79 Å². The number of hydrogen-bond acceptors (Lipinski definition) is 4. The second-order valence-corrected chi connectivity index (χ2v) is 7.08. The predicted octanol–water partition coefficient (Wildman–Crippen LogP) is 5.30. The number of anilines is 1. The second-order valence-electron chi connectivity index (χ2n) is 5.62. The summed E-state index contributed by atoms with van der Waals surface area (Å²) < 4.78 is 5.77. The molecule has 1 amide bonds.